The molecule has 1 aromatic carbocycles. The van der Waals surface area contributed by atoms with Gasteiger partial charge in [0.15, 0.2) is 5.78 Å². The highest BCUT2D eigenvalue weighted by atomic mass is 16.5. The van der Waals surface area contributed by atoms with Gasteiger partial charge in [-0.15, -0.1) is 0 Å². The lowest BCUT2D eigenvalue weighted by Gasteiger charge is -2.13. The SMILES string of the molecule is CCC(C)C(=O)c1ccc(OC(C)=O)cc1OC(C)=O. The molecule has 0 radical (unpaired) electrons. The third kappa shape index (κ3) is 4.19. The van der Waals surface area contributed by atoms with E-state index >= 15 is 0 Å². The van der Waals surface area contributed by atoms with Gasteiger partial charge in [-0.3, -0.25) is 14.4 Å². The quantitative estimate of drug-likeness (QED) is 0.470. The van der Waals surface area contributed by atoms with E-state index in [4.69, 9.17) is 9.47 Å². The van der Waals surface area contributed by atoms with Crippen LogP contribution in [0.15, 0.2) is 18.2 Å². The molecule has 0 N–H and O–H groups in total. The summed E-state index contributed by atoms with van der Waals surface area (Å²) in [4.78, 5) is 34.3. The normalized spacial score (nSPS) is 11.6. The molecule has 20 heavy (non-hydrogen) atoms. The van der Waals surface area contributed by atoms with E-state index in [1.54, 1.807) is 6.92 Å². The molecule has 1 aromatic rings. The van der Waals surface area contributed by atoms with Crippen LogP contribution in [0.5, 0.6) is 11.5 Å². The lowest BCUT2D eigenvalue weighted by Crippen LogP contribution is -2.14. The number of carbonyl (C=O) groups excluding carboxylic acids is 3. The van der Waals surface area contributed by atoms with Gasteiger partial charge in [-0.05, 0) is 18.6 Å². The summed E-state index contributed by atoms with van der Waals surface area (Å²) in [5.74, 6) is -0.971. The molecule has 1 rings (SSSR count). The first-order valence-electron chi connectivity index (χ1n) is 6.40. The molecule has 0 fully saturated rings. The van der Waals surface area contributed by atoms with Gasteiger partial charge in [0.25, 0.3) is 0 Å². The zero-order valence-electron chi connectivity index (χ0n) is 12.1. The van der Waals surface area contributed by atoms with Gasteiger partial charge < -0.3 is 9.47 Å². The van der Waals surface area contributed by atoms with Crippen LogP contribution in [0.25, 0.3) is 0 Å². The van der Waals surface area contributed by atoms with E-state index in [1.807, 2.05) is 6.92 Å². The van der Waals surface area contributed by atoms with E-state index in [-0.39, 0.29) is 23.2 Å². The zero-order valence-corrected chi connectivity index (χ0v) is 12.1. The Morgan fingerprint density at radius 2 is 1.70 bits per heavy atom. The van der Waals surface area contributed by atoms with Gasteiger partial charge in [-0.2, -0.15) is 0 Å². The molecule has 0 aliphatic carbocycles. The fourth-order valence-corrected chi connectivity index (χ4v) is 1.63. The lowest BCUT2D eigenvalue weighted by molar-refractivity contribution is -0.132. The second kappa shape index (κ2) is 6.84. The Morgan fingerprint density at radius 1 is 1.10 bits per heavy atom. The first-order chi connectivity index (χ1) is 9.35. The van der Waals surface area contributed by atoms with Crippen LogP contribution in [0, 0.1) is 5.92 Å². The maximum absolute atomic E-state index is 12.2. The number of Topliss-reactive ketones (excluding diaryl/α,β-unsaturated/α-hetero) is 1. The molecule has 0 saturated carbocycles. The summed E-state index contributed by atoms with van der Waals surface area (Å²) in [6.07, 6.45) is 0.685. The van der Waals surface area contributed by atoms with Gasteiger partial charge in [-0.1, -0.05) is 13.8 Å². The van der Waals surface area contributed by atoms with Crippen LogP contribution in [0.1, 0.15) is 44.5 Å². The number of benzene rings is 1. The third-order valence-corrected chi connectivity index (χ3v) is 2.79. The van der Waals surface area contributed by atoms with E-state index in [2.05, 4.69) is 0 Å². The summed E-state index contributed by atoms with van der Waals surface area (Å²) < 4.78 is 9.95. The Kier molecular flexibility index (Phi) is 5.43. The van der Waals surface area contributed by atoms with Crippen molar-refractivity contribution in [3.05, 3.63) is 23.8 Å². The number of hydrogen-bond acceptors (Lipinski definition) is 5. The van der Waals surface area contributed by atoms with Crippen LogP contribution in [0.3, 0.4) is 0 Å². The molecule has 0 aliphatic rings. The van der Waals surface area contributed by atoms with Crippen LogP contribution in [0.4, 0.5) is 0 Å². The Bertz CT molecular complexity index is 533. The Morgan fingerprint density at radius 3 is 2.20 bits per heavy atom. The van der Waals surface area contributed by atoms with Crippen molar-refractivity contribution in [1.29, 1.82) is 0 Å². The maximum Gasteiger partial charge on any atom is 0.308 e. The molecular formula is C15H18O5. The van der Waals surface area contributed by atoms with E-state index in [0.29, 0.717) is 12.0 Å². The number of rotatable bonds is 5. The summed E-state index contributed by atoms with van der Waals surface area (Å²) in [5.41, 5.74) is 0.311. The highest BCUT2D eigenvalue weighted by Gasteiger charge is 2.20. The molecule has 0 aromatic heterocycles. The highest BCUT2D eigenvalue weighted by molar-refractivity contribution is 6.00. The molecule has 0 heterocycles. The van der Waals surface area contributed by atoms with Crippen molar-refractivity contribution < 1.29 is 23.9 Å². The Labute approximate surface area is 117 Å². The number of hydrogen-bond donors (Lipinski definition) is 0. The summed E-state index contributed by atoms with van der Waals surface area (Å²) in [6, 6.07) is 4.38. The van der Waals surface area contributed by atoms with Gasteiger partial charge in [0.1, 0.15) is 11.5 Å². The average molecular weight is 278 g/mol. The standard InChI is InChI=1S/C15H18O5/c1-5-9(2)15(18)13-7-6-12(19-10(3)16)8-14(13)20-11(4)17/h6-9H,5H2,1-4H3. The largest absolute Gasteiger partial charge is 0.427 e. The Balaban J connectivity index is 3.19. The van der Waals surface area contributed by atoms with E-state index in [9.17, 15) is 14.4 Å². The van der Waals surface area contributed by atoms with E-state index in [0.717, 1.165) is 0 Å². The fourth-order valence-electron chi connectivity index (χ4n) is 1.63. The van der Waals surface area contributed by atoms with E-state index < -0.39 is 11.9 Å². The topological polar surface area (TPSA) is 69.7 Å². The monoisotopic (exact) mass is 278 g/mol. The Hall–Kier alpha value is -2.17. The lowest BCUT2D eigenvalue weighted by atomic mass is 9.96. The maximum atomic E-state index is 12.2. The minimum atomic E-state index is -0.539. The van der Waals surface area contributed by atoms with E-state index in [1.165, 1.54) is 32.0 Å². The van der Waals surface area contributed by atoms with Crippen molar-refractivity contribution in [2.45, 2.75) is 34.1 Å². The van der Waals surface area contributed by atoms with Crippen molar-refractivity contribution in [3.8, 4) is 11.5 Å². The summed E-state index contributed by atoms with van der Waals surface area (Å²) >= 11 is 0. The number of ketones is 1. The molecule has 5 heteroatoms. The predicted octanol–water partition coefficient (Wildman–Crippen LogP) is 2.77. The van der Waals surface area contributed by atoms with Gasteiger partial charge in [0, 0.05) is 25.8 Å². The first-order valence-corrected chi connectivity index (χ1v) is 6.40. The summed E-state index contributed by atoms with van der Waals surface area (Å²) in [6.45, 7) is 6.22. The molecule has 0 saturated heterocycles. The average Bonchev–Trinajstić information content (AvgIpc) is 2.36. The molecule has 1 unspecified atom stereocenters. The third-order valence-electron chi connectivity index (χ3n) is 2.79. The molecule has 108 valence electrons. The predicted molar refractivity (Wildman–Crippen MR) is 72.8 cm³/mol. The summed E-state index contributed by atoms with van der Waals surface area (Å²) in [5, 5.41) is 0. The second-order valence-electron chi connectivity index (χ2n) is 4.52. The molecule has 5 nitrogen and oxygen atoms in total. The van der Waals surface area contributed by atoms with Crippen molar-refractivity contribution in [2.75, 3.05) is 0 Å². The molecule has 0 aliphatic heterocycles. The number of carbonyl (C=O) groups is 3. The van der Waals surface area contributed by atoms with Crippen molar-refractivity contribution >= 4 is 17.7 Å². The zero-order chi connectivity index (χ0) is 15.3. The first kappa shape index (κ1) is 15.9. The van der Waals surface area contributed by atoms with Crippen molar-refractivity contribution in [3.63, 3.8) is 0 Å². The van der Waals surface area contributed by atoms with Crippen LogP contribution >= 0.6 is 0 Å². The molecular weight excluding hydrogens is 260 g/mol. The van der Waals surface area contributed by atoms with Crippen LogP contribution in [-0.4, -0.2) is 17.7 Å². The minimum Gasteiger partial charge on any atom is -0.427 e. The van der Waals surface area contributed by atoms with Gasteiger partial charge in [0.2, 0.25) is 0 Å². The second-order valence-corrected chi connectivity index (χ2v) is 4.52. The molecule has 0 spiro atoms. The van der Waals surface area contributed by atoms with Gasteiger partial charge >= 0.3 is 11.9 Å². The van der Waals surface area contributed by atoms with Crippen molar-refractivity contribution in [2.24, 2.45) is 5.92 Å². The van der Waals surface area contributed by atoms with Crippen molar-refractivity contribution in [1.82, 2.24) is 0 Å². The van der Waals surface area contributed by atoms with Crippen LogP contribution in [-0.2, 0) is 9.59 Å². The van der Waals surface area contributed by atoms with Crippen LogP contribution in [0.2, 0.25) is 0 Å². The molecule has 0 amide bonds. The summed E-state index contributed by atoms with van der Waals surface area (Å²) in [7, 11) is 0. The smallest absolute Gasteiger partial charge is 0.308 e. The number of ether oxygens (including phenoxy) is 2. The molecule has 0 bridgehead atoms. The minimum absolute atomic E-state index is 0.113. The fraction of sp³-hybridized carbons (Fsp3) is 0.400. The van der Waals surface area contributed by atoms with Gasteiger partial charge in [-0.25, -0.2) is 0 Å². The van der Waals surface area contributed by atoms with Crippen LogP contribution < -0.4 is 9.47 Å². The van der Waals surface area contributed by atoms with Gasteiger partial charge in [0.05, 0.1) is 5.56 Å². The number of esters is 2. The molecule has 1 atom stereocenters. The highest BCUT2D eigenvalue weighted by Crippen LogP contribution is 2.28.